The Morgan fingerprint density at radius 1 is 1.04 bits per heavy atom. The molecule has 1 aromatic rings. The summed E-state index contributed by atoms with van der Waals surface area (Å²) < 4.78 is 5.74. The lowest BCUT2D eigenvalue weighted by Crippen LogP contribution is -2.45. The van der Waals surface area contributed by atoms with E-state index >= 15 is 0 Å². The molecule has 2 heterocycles. The molecule has 3 rings (SSSR count). The third-order valence-electron chi connectivity index (χ3n) is 5.80. The highest BCUT2D eigenvalue weighted by molar-refractivity contribution is 5.94. The van der Waals surface area contributed by atoms with Gasteiger partial charge in [0.15, 0.2) is 0 Å². The molecule has 1 aromatic carbocycles. The van der Waals surface area contributed by atoms with Gasteiger partial charge in [0.05, 0.1) is 6.61 Å². The van der Waals surface area contributed by atoms with E-state index in [1.54, 1.807) is 0 Å². The first kappa shape index (κ1) is 20.2. The molecule has 4 heteroatoms. The monoisotopic (exact) mass is 372 g/mol. The number of hydrogen-bond acceptors (Lipinski definition) is 3. The summed E-state index contributed by atoms with van der Waals surface area (Å²) in [4.78, 5) is 17.8. The first-order chi connectivity index (χ1) is 13.1. The summed E-state index contributed by atoms with van der Waals surface area (Å²) in [6.45, 7) is 9.48. The lowest BCUT2D eigenvalue weighted by atomic mass is 9.97. The Morgan fingerprint density at radius 2 is 1.74 bits per heavy atom. The quantitative estimate of drug-likeness (QED) is 0.702. The highest BCUT2D eigenvalue weighted by Crippen LogP contribution is 2.24. The van der Waals surface area contributed by atoms with E-state index in [9.17, 15) is 4.79 Å². The lowest BCUT2D eigenvalue weighted by Gasteiger charge is -2.37. The fraction of sp³-hybridized carbons (Fsp3) is 0.696. The summed E-state index contributed by atoms with van der Waals surface area (Å²) >= 11 is 0. The normalized spacial score (nSPS) is 21.4. The van der Waals surface area contributed by atoms with Crippen LogP contribution in [0.2, 0.25) is 0 Å². The van der Waals surface area contributed by atoms with Crippen LogP contribution in [0.1, 0.15) is 69.2 Å². The molecule has 150 valence electrons. The predicted molar refractivity (Wildman–Crippen MR) is 110 cm³/mol. The third-order valence-corrected chi connectivity index (χ3v) is 5.80. The molecule has 0 aromatic heterocycles. The molecule has 0 bridgehead atoms. The molecule has 2 saturated heterocycles. The minimum absolute atomic E-state index is 0.189. The number of likely N-dealkylation sites (tertiary alicyclic amines) is 2. The number of rotatable bonds is 7. The molecule has 0 saturated carbocycles. The van der Waals surface area contributed by atoms with E-state index in [1.165, 1.54) is 38.8 Å². The van der Waals surface area contributed by atoms with Crippen LogP contribution in [0, 0.1) is 5.92 Å². The minimum atomic E-state index is 0.189. The van der Waals surface area contributed by atoms with Gasteiger partial charge >= 0.3 is 0 Å². The van der Waals surface area contributed by atoms with Crippen molar-refractivity contribution in [3.05, 3.63) is 29.8 Å². The van der Waals surface area contributed by atoms with Crippen molar-refractivity contribution in [2.24, 2.45) is 5.92 Å². The number of carbonyl (C=O) groups excluding carboxylic acids is 1. The van der Waals surface area contributed by atoms with Crippen molar-refractivity contribution in [2.45, 2.75) is 64.8 Å². The van der Waals surface area contributed by atoms with Gasteiger partial charge in [0.25, 0.3) is 5.91 Å². The second kappa shape index (κ2) is 10.1. The van der Waals surface area contributed by atoms with Crippen molar-refractivity contribution in [3.8, 4) is 5.75 Å². The summed E-state index contributed by atoms with van der Waals surface area (Å²) in [7, 11) is 0. The Labute approximate surface area is 164 Å². The highest BCUT2D eigenvalue weighted by Gasteiger charge is 2.28. The molecule has 2 aliphatic rings. The maximum Gasteiger partial charge on any atom is 0.254 e. The number of amides is 1. The molecule has 1 amide bonds. The van der Waals surface area contributed by atoms with E-state index in [4.69, 9.17) is 4.74 Å². The fourth-order valence-electron chi connectivity index (χ4n) is 4.21. The number of piperidine rings is 2. The molecule has 1 atom stereocenters. The Hall–Kier alpha value is -1.55. The van der Waals surface area contributed by atoms with Crippen LogP contribution >= 0.6 is 0 Å². The van der Waals surface area contributed by atoms with Crippen LogP contribution in [-0.2, 0) is 0 Å². The molecule has 0 N–H and O–H groups in total. The van der Waals surface area contributed by atoms with E-state index < -0.39 is 0 Å². The molecule has 0 unspecified atom stereocenters. The zero-order valence-electron chi connectivity index (χ0n) is 17.2. The van der Waals surface area contributed by atoms with Crippen molar-refractivity contribution in [2.75, 3.05) is 32.8 Å². The standard InChI is InChI=1S/C23H36N2O2/c1-19(2)18-27-22-11-9-20(10-12-22)23(26)25-16-7-4-8-21(25)13-17-24-14-5-3-6-15-24/h9-12,19,21H,3-8,13-18H2,1-2H3/t21-/m0/s1. The highest BCUT2D eigenvalue weighted by atomic mass is 16.5. The van der Waals surface area contributed by atoms with Gasteiger partial charge in [0.2, 0.25) is 0 Å². The van der Waals surface area contributed by atoms with E-state index in [0.717, 1.165) is 43.7 Å². The Kier molecular flexibility index (Phi) is 7.57. The van der Waals surface area contributed by atoms with Crippen LogP contribution in [0.5, 0.6) is 5.75 Å². The second-order valence-corrected chi connectivity index (χ2v) is 8.57. The number of ether oxygens (including phenoxy) is 1. The molecule has 0 aliphatic carbocycles. The van der Waals surface area contributed by atoms with Gasteiger partial charge in [0.1, 0.15) is 5.75 Å². The van der Waals surface area contributed by atoms with Crippen LogP contribution in [0.4, 0.5) is 0 Å². The molecule has 2 fully saturated rings. The van der Waals surface area contributed by atoms with Gasteiger partial charge in [-0.05, 0) is 81.8 Å². The lowest BCUT2D eigenvalue weighted by molar-refractivity contribution is 0.0579. The molecular formula is C23H36N2O2. The van der Waals surface area contributed by atoms with Crippen LogP contribution in [0.25, 0.3) is 0 Å². The summed E-state index contributed by atoms with van der Waals surface area (Å²) in [6.07, 6.45) is 8.67. The van der Waals surface area contributed by atoms with Crippen molar-refractivity contribution >= 4 is 5.91 Å². The van der Waals surface area contributed by atoms with Gasteiger partial charge in [-0.2, -0.15) is 0 Å². The number of hydrogen-bond donors (Lipinski definition) is 0. The van der Waals surface area contributed by atoms with Crippen LogP contribution in [0.3, 0.4) is 0 Å². The first-order valence-electron chi connectivity index (χ1n) is 10.9. The van der Waals surface area contributed by atoms with Gasteiger partial charge in [-0.1, -0.05) is 20.3 Å². The summed E-state index contributed by atoms with van der Waals surface area (Å²) in [6, 6.07) is 8.11. The fourth-order valence-corrected chi connectivity index (χ4v) is 4.21. The third kappa shape index (κ3) is 5.97. The molecular weight excluding hydrogens is 336 g/mol. The van der Waals surface area contributed by atoms with Crippen LogP contribution < -0.4 is 4.74 Å². The van der Waals surface area contributed by atoms with Crippen molar-refractivity contribution in [3.63, 3.8) is 0 Å². The van der Waals surface area contributed by atoms with Crippen molar-refractivity contribution in [1.82, 2.24) is 9.80 Å². The first-order valence-corrected chi connectivity index (χ1v) is 10.9. The van der Waals surface area contributed by atoms with Gasteiger partial charge in [-0.25, -0.2) is 0 Å². The molecule has 27 heavy (non-hydrogen) atoms. The topological polar surface area (TPSA) is 32.8 Å². The molecule has 4 nitrogen and oxygen atoms in total. The van der Waals surface area contributed by atoms with E-state index in [1.807, 2.05) is 24.3 Å². The smallest absolute Gasteiger partial charge is 0.254 e. The molecule has 0 radical (unpaired) electrons. The predicted octanol–water partition coefficient (Wildman–Crippen LogP) is 4.59. The number of benzene rings is 1. The average molecular weight is 373 g/mol. The van der Waals surface area contributed by atoms with Gasteiger partial charge in [-0.15, -0.1) is 0 Å². The summed E-state index contributed by atoms with van der Waals surface area (Å²) in [5.74, 6) is 1.54. The van der Waals surface area contributed by atoms with E-state index in [0.29, 0.717) is 18.6 Å². The Morgan fingerprint density at radius 3 is 2.44 bits per heavy atom. The molecule has 0 spiro atoms. The molecule has 2 aliphatic heterocycles. The van der Waals surface area contributed by atoms with Crippen LogP contribution in [0.15, 0.2) is 24.3 Å². The van der Waals surface area contributed by atoms with Crippen LogP contribution in [-0.4, -0.2) is 54.5 Å². The SMILES string of the molecule is CC(C)COc1ccc(C(=O)N2CCCC[C@H]2CCN2CCCCC2)cc1. The zero-order valence-corrected chi connectivity index (χ0v) is 17.2. The van der Waals surface area contributed by atoms with Gasteiger partial charge < -0.3 is 14.5 Å². The van der Waals surface area contributed by atoms with E-state index in [-0.39, 0.29) is 5.91 Å². The van der Waals surface area contributed by atoms with Crippen molar-refractivity contribution < 1.29 is 9.53 Å². The summed E-state index contributed by atoms with van der Waals surface area (Å²) in [5, 5.41) is 0. The Bertz CT molecular complexity index is 579. The maximum atomic E-state index is 13.1. The van der Waals surface area contributed by atoms with Crippen molar-refractivity contribution in [1.29, 1.82) is 0 Å². The number of nitrogens with zero attached hydrogens (tertiary/aromatic N) is 2. The average Bonchev–Trinajstić information content (AvgIpc) is 2.71. The zero-order chi connectivity index (χ0) is 19.1. The van der Waals surface area contributed by atoms with Gasteiger partial charge in [0, 0.05) is 24.7 Å². The maximum absolute atomic E-state index is 13.1. The minimum Gasteiger partial charge on any atom is -0.493 e. The van der Waals surface area contributed by atoms with Gasteiger partial charge in [-0.3, -0.25) is 4.79 Å². The summed E-state index contributed by atoms with van der Waals surface area (Å²) in [5.41, 5.74) is 0.789. The largest absolute Gasteiger partial charge is 0.493 e. The number of carbonyl (C=O) groups is 1. The van der Waals surface area contributed by atoms with E-state index in [2.05, 4.69) is 23.6 Å². The Balaban J connectivity index is 1.57. The second-order valence-electron chi connectivity index (χ2n) is 8.57.